The van der Waals surface area contributed by atoms with Crippen LogP contribution in [0, 0.1) is 0 Å². The molecule has 0 saturated carbocycles. The monoisotopic (exact) mass is 235 g/mol. The number of fused-ring (bicyclic) bond motifs is 3. The molecule has 2 heteroatoms. The molecule has 0 aliphatic carbocycles. The highest BCUT2D eigenvalue weighted by Gasteiger charge is 2.08. The van der Waals surface area contributed by atoms with Crippen LogP contribution in [0.25, 0.3) is 21.7 Å². The smallest absolute Gasteiger partial charge is 0.259 e. The second-order valence-electron chi connectivity index (χ2n) is 4.27. The normalized spacial score (nSPS) is 10.9. The van der Waals surface area contributed by atoms with Gasteiger partial charge in [0.15, 0.2) is 0 Å². The van der Waals surface area contributed by atoms with Crippen molar-refractivity contribution in [1.82, 2.24) is 4.57 Å². The maximum Gasteiger partial charge on any atom is 0.259 e. The first-order valence-corrected chi connectivity index (χ1v) is 5.94. The van der Waals surface area contributed by atoms with E-state index in [1.54, 1.807) is 10.6 Å². The summed E-state index contributed by atoms with van der Waals surface area (Å²) in [6, 6.07) is 15.7. The van der Waals surface area contributed by atoms with Crippen molar-refractivity contribution in [3.05, 3.63) is 71.5 Å². The number of nitrogens with zero attached hydrogens (tertiary/aromatic N) is 1. The van der Waals surface area contributed by atoms with Gasteiger partial charge in [0.2, 0.25) is 0 Å². The van der Waals surface area contributed by atoms with Crippen LogP contribution in [0.3, 0.4) is 0 Å². The summed E-state index contributed by atoms with van der Waals surface area (Å²) in [7, 11) is 0. The molecule has 0 bridgehead atoms. The minimum Gasteiger partial charge on any atom is -0.304 e. The van der Waals surface area contributed by atoms with Gasteiger partial charge in [0.05, 0.1) is 5.52 Å². The van der Waals surface area contributed by atoms with E-state index < -0.39 is 0 Å². The number of hydrogen-bond donors (Lipinski definition) is 0. The van der Waals surface area contributed by atoms with Crippen molar-refractivity contribution in [2.45, 2.75) is 6.54 Å². The third-order valence-corrected chi connectivity index (χ3v) is 3.20. The Morgan fingerprint density at radius 2 is 1.56 bits per heavy atom. The number of allylic oxidation sites excluding steroid dienone is 1. The Kier molecular flexibility index (Phi) is 2.49. The molecule has 0 spiro atoms. The molecule has 3 rings (SSSR count). The standard InChI is InChI=1S/C16H13NO/c1-2-11-17-15-10-6-5-8-13(15)12-7-3-4-9-14(12)16(17)18/h2-10H,1,11H2. The molecule has 2 aromatic carbocycles. The van der Waals surface area contributed by atoms with E-state index in [0.29, 0.717) is 6.54 Å². The number of para-hydroxylation sites is 1. The highest BCUT2D eigenvalue weighted by molar-refractivity contribution is 6.05. The number of benzene rings is 2. The Labute approximate surface area is 105 Å². The van der Waals surface area contributed by atoms with Gasteiger partial charge in [0.1, 0.15) is 0 Å². The van der Waals surface area contributed by atoms with E-state index in [-0.39, 0.29) is 5.56 Å². The summed E-state index contributed by atoms with van der Waals surface area (Å²) >= 11 is 0. The Morgan fingerprint density at radius 3 is 2.28 bits per heavy atom. The van der Waals surface area contributed by atoms with Crippen LogP contribution in [0.2, 0.25) is 0 Å². The third-order valence-electron chi connectivity index (χ3n) is 3.20. The molecule has 0 N–H and O–H groups in total. The number of aromatic nitrogens is 1. The maximum atomic E-state index is 12.4. The molecule has 0 unspecified atom stereocenters. The Bertz CT molecular complexity index is 799. The SMILES string of the molecule is C=CCn1c(=O)c2ccccc2c2ccccc21. The van der Waals surface area contributed by atoms with Gasteiger partial charge >= 0.3 is 0 Å². The maximum absolute atomic E-state index is 12.4. The molecule has 3 aromatic rings. The predicted molar refractivity (Wildman–Crippen MR) is 75.9 cm³/mol. The Hall–Kier alpha value is -2.35. The van der Waals surface area contributed by atoms with Crippen molar-refractivity contribution in [2.24, 2.45) is 0 Å². The molecule has 0 fully saturated rings. The van der Waals surface area contributed by atoms with Gasteiger partial charge < -0.3 is 4.57 Å². The second kappa shape index (κ2) is 4.15. The van der Waals surface area contributed by atoms with Gasteiger partial charge in [-0.1, -0.05) is 42.5 Å². The number of pyridine rings is 1. The van der Waals surface area contributed by atoms with Gasteiger partial charge in [-0.15, -0.1) is 6.58 Å². The molecule has 0 amide bonds. The van der Waals surface area contributed by atoms with Crippen LogP contribution in [0.5, 0.6) is 0 Å². The molecular formula is C16H13NO. The summed E-state index contributed by atoms with van der Waals surface area (Å²) < 4.78 is 1.77. The van der Waals surface area contributed by atoms with Crippen LogP contribution >= 0.6 is 0 Å². The quantitative estimate of drug-likeness (QED) is 0.493. The van der Waals surface area contributed by atoms with E-state index in [1.165, 1.54) is 0 Å². The highest BCUT2D eigenvalue weighted by atomic mass is 16.1. The molecule has 18 heavy (non-hydrogen) atoms. The third kappa shape index (κ3) is 1.46. The summed E-state index contributed by atoms with van der Waals surface area (Å²) in [6.45, 7) is 4.26. The lowest BCUT2D eigenvalue weighted by atomic mass is 10.1. The van der Waals surface area contributed by atoms with Gasteiger partial charge in [-0.3, -0.25) is 4.79 Å². The summed E-state index contributed by atoms with van der Waals surface area (Å²) in [4.78, 5) is 12.4. The van der Waals surface area contributed by atoms with Gasteiger partial charge in [-0.05, 0) is 17.5 Å². The van der Waals surface area contributed by atoms with Crippen molar-refractivity contribution in [1.29, 1.82) is 0 Å². The minimum atomic E-state index is 0.0456. The summed E-state index contributed by atoms with van der Waals surface area (Å²) in [6.07, 6.45) is 1.75. The molecule has 1 heterocycles. The van der Waals surface area contributed by atoms with E-state index in [4.69, 9.17) is 0 Å². The summed E-state index contributed by atoms with van der Waals surface area (Å²) in [5.74, 6) is 0. The summed E-state index contributed by atoms with van der Waals surface area (Å²) in [5, 5.41) is 2.88. The van der Waals surface area contributed by atoms with Crippen LogP contribution in [0.1, 0.15) is 0 Å². The van der Waals surface area contributed by atoms with Crippen molar-refractivity contribution >= 4 is 21.7 Å². The first-order chi connectivity index (χ1) is 8.83. The topological polar surface area (TPSA) is 22.0 Å². The number of rotatable bonds is 2. The summed E-state index contributed by atoms with van der Waals surface area (Å²) in [5.41, 5.74) is 1.00. The van der Waals surface area contributed by atoms with E-state index in [1.807, 2.05) is 42.5 Å². The highest BCUT2D eigenvalue weighted by Crippen LogP contribution is 2.22. The Morgan fingerprint density at radius 1 is 0.944 bits per heavy atom. The fourth-order valence-corrected chi connectivity index (χ4v) is 2.41. The lowest BCUT2D eigenvalue weighted by Gasteiger charge is -2.11. The molecule has 0 atom stereocenters. The fourth-order valence-electron chi connectivity index (χ4n) is 2.41. The molecule has 1 aromatic heterocycles. The predicted octanol–water partition coefficient (Wildman–Crippen LogP) is 3.34. The van der Waals surface area contributed by atoms with Crippen molar-refractivity contribution in [3.63, 3.8) is 0 Å². The van der Waals surface area contributed by atoms with Gasteiger partial charge in [-0.25, -0.2) is 0 Å². The average molecular weight is 235 g/mol. The molecular weight excluding hydrogens is 222 g/mol. The van der Waals surface area contributed by atoms with E-state index in [0.717, 1.165) is 21.7 Å². The van der Waals surface area contributed by atoms with E-state index in [9.17, 15) is 4.79 Å². The first-order valence-electron chi connectivity index (χ1n) is 5.94. The molecule has 2 nitrogen and oxygen atoms in total. The zero-order valence-electron chi connectivity index (χ0n) is 9.97. The van der Waals surface area contributed by atoms with Crippen LogP contribution in [-0.4, -0.2) is 4.57 Å². The first kappa shape index (κ1) is 10.8. The number of hydrogen-bond acceptors (Lipinski definition) is 1. The van der Waals surface area contributed by atoms with E-state index >= 15 is 0 Å². The molecule has 88 valence electrons. The lowest BCUT2D eigenvalue weighted by Crippen LogP contribution is -2.20. The van der Waals surface area contributed by atoms with Gasteiger partial charge in [-0.2, -0.15) is 0 Å². The zero-order valence-corrected chi connectivity index (χ0v) is 9.97. The van der Waals surface area contributed by atoms with Gasteiger partial charge in [0.25, 0.3) is 5.56 Å². The second-order valence-corrected chi connectivity index (χ2v) is 4.27. The molecule has 0 radical (unpaired) electrons. The Balaban J connectivity index is 2.62. The molecule has 0 aliphatic rings. The lowest BCUT2D eigenvalue weighted by molar-refractivity contribution is 0.827. The van der Waals surface area contributed by atoms with Crippen molar-refractivity contribution in [2.75, 3.05) is 0 Å². The minimum absolute atomic E-state index is 0.0456. The zero-order chi connectivity index (χ0) is 12.5. The van der Waals surface area contributed by atoms with Crippen LogP contribution in [0.15, 0.2) is 66.0 Å². The molecule has 0 saturated heterocycles. The van der Waals surface area contributed by atoms with Gasteiger partial charge in [0, 0.05) is 17.3 Å². The molecule has 0 aliphatic heterocycles. The average Bonchev–Trinajstić information content (AvgIpc) is 2.43. The van der Waals surface area contributed by atoms with Crippen molar-refractivity contribution in [3.8, 4) is 0 Å². The van der Waals surface area contributed by atoms with Crippen LogP contribution in [0.4, 0.5) is 0 Å². The largest absolute Gasteiger partial charge is 0.304 e. The van der Waals surface area contributed by atoms with E-state index in [2.05, 4.69) is 12.6 Å². The fraction of sp³-hybridized carbons (Fsp3) is 0.0625. The van der Waals surface area contributed by atoms with Crippen LogP contribution < -0.4 is 5.56 Å². The van der Waals surface area contributed by atoms with Crippen molar-refractivity contribution < 1.29 is 0 Å². The van der Waals surface area contributed by atoms with Crippen LogP contribution in [-0.2, 0) is 6.54 Å².